The number of hydrogen-bond donors (Lipinski definition) is 2. The van der Waals surface area contributed by atoms with Gasteiger partial charge in [-0.05, 0) is 46.8 Å². The van der Waals surface area contributed by atoms with Gasteiger partial charge in [0.2, 0.25) is 0 Å². The third-order valence-corrected chi connectivity index (χ3v) is 9.76. The molecule has 0 atom stereocenters. The summed E-state index contributed by atoms with van der Waals surface area (Å²) in [7, 11) is 0. The number of amidine groups is 2. The maximum atomic E-state index is 9.01. The van der Waals surface area contributed by atoms with Crippen LogP contribution in [-0.2, 0) is 0 Å². The van der Waals surface area contributed by atoms with Gasteiger partial charge < -0.3 is 0 Å². The average molecular weight is 655 g/mol. The Morgan fingerprint density at radius 1 is 0.529 bits per heavy atom. The molecule has 0 aliphatic heterocycles. The van der Waals surface area contributed by atoms with Gasteiger partial charge in [-0.15, -0.1) is 0 Å². The maximum Gasteiger partial charge on any atom is 0.154 e. The number of aromatic nitrogens is 3. The highest BCUT2D eigenvalue weighted by Crippen LogP contribution is 2.44. The second-order valence-electron chi connectivity index (χ2n) is 12.8. The average Bonchev–Trinajstić information content (AvgIpc) is 3.70. The summed E-state index contributed by atoms with van der Waals surface area (Å²) < 4.78 is 4.49. The van der Waals surface area contributed by atoms with Crippen LogP contribution in [0.1, 0.15) is 11.1 Å². The van der Waals surface area contributed by atoms with Crippen LogP contribution in [-0.4, -0.2) is 25.7 Å². The number of rotatable bonds is 5. The van der Waals surface area contributed by atoms with E-state index in [-0.39, 0.29) is 5.84 Å². The summed E-state index contributed by atoms with van der Waals surface area (Å²) >= 11 is 0. The molecular formula is C45H30N6. The Kier molecular flexibility index (Phi) is 6.54. The van der Waals surface area contributed by atoms with E-state index in [1.165, 1.54) is 0 Å². The van der Waals surface area contributed by atoms with Crippen LogP contribution >= 0.6 is 0 Å². The Labute approximate surface area is 293 Å². The van der Waals surface area contributed by atoms with Crippen molar-refractivity contribution in [1.82, 2.24) is 14.1 Å². The van der Waals surface area contributed by atoms with Crippen molar-refractivity contribution >= 4 is 60.8 Å². The topological polar surface area (TPSA) is 70.5 Å². The fourth-order valence-corrected chi connectivity index (χ4v) is 7.45. The van der Waals surface area contributed by atoms with Gasteiger partial charge in [0.05, 0.1) is 27.6 Å². The molecule has 0 aliphatic carbocycles. The van der Waals surface area contributed by atoms with Crippen LogP contribution in [0, 0.1) is 5.41 Å². The standard InChI is InChI=1S/C45H30N6/c46-43(30-17-7-2-8-18-30)48-44(31-19-9-3-10-20-31)49-51-38-26-25-36-42-41(38)40-35(27-33(28-39(40)51)29-15-5-1-6-16-29)34-23-13-14-24-37(34)50(42)45(47-36)32-21-11-4-12-22-32/h1-28H,(H2,46,48,49). The molecule has 10 aromatic rings. The predicted molar refractivity (Wildman–Crippen MR) is 211 cm³/mol. The minimum atomic E-state index is 0.177. The van der Waals surface area contributed by atoms with Gasteiger partial charge in [-0.2, -0.15) is 0 Å². The summed E-state index contributed by atoms with van der Waals surface area (Å²) in [5.74, 6) is 1.65. The first-order valence-electron chi connectivity index (χ1n) is 17.0. The van der Waals surface area contributed by atoms with Crippen molar-refractivity contribution in [3.63, 3.8) is 0 Å². The summed E-state index contributed by atoms with van der Waals surface area (Å²) in [6.45, 7) is 0. The number of para-hydroxylation sites is 1. The Balaban J connectivity index is 1.35. The molecule has 0 saturated carbocycles. The highest BCUT2D eigenvalue weighted by Gasteiger charge is 2.25. The fourth-order valence-electron chi connectivity index (χ4n) is 7.45. The Bertz CT molecular complexity index is 2920. The normalized spacial score (nSPS) is 12.1. The van der Waals surface area contributed by atoms with Gasteiger partial charge in [-0.1, -0.05) is 140 Å². The Hall–Kier alpha value is -7.05. The van der Waals surface area contributed by atoms with E-state index in [1.807, 2.05) is 66.7 Å². The summed E-state index contributed by atoms with van der Waals surface area (Å²) in [6.07, 6.45) is 0. The maximum absolute atomic E-state index is 9.01. The van der Waals surface area contributed by atoms with Crippen LogP contribution in [0.25, 0.3) is 71.6 Å². The second-order valence-corrected chi connectivity index (χ2v) is 12.8. The largest absolute Gasteiger partial charge is 0.291 e. The molecule has 6 nitrogen and oxygen atoms in total. The van der Waals surface area contributed by atoms with Crippen LogP contribution in [0.3, 0.4) is 0 Å². The molecule has 51 heavy (non-hydrogen) atoms. The molecule has 6 heteroatoms. The predicted octanol–water partition coefficient (Wildman–Crippen LogP) is 10.5. The minimum absolute atomic E-state index is 0.177. The third-order valence-electron chi connectivity index (χ3n) is 9.76. The molecule has 0 aliphatic rings. The zero-order chi connectivity index (χ0) is 33.9. The summed E-state index contributed by atoms with van der Waals surface area (Å²) in [5.41, 5.74) is 13.7. The summed E-state index contributed by atoms with van der Waals surface area (Å²) in [4.78, 5) is 10.2. The van der Waals surface area contributed by atoms with E-state index < -0.39 is 0 Å². The molecule has 0 radical (unpaired) electrons. The van der Waals surface area contributed by atoms with Crippen molar-refractivity contribution in [1.29, 1.82) is 5.41 Å². The van der Waals surface area contributed by atoms with Crippen molar-refractivity contribution in [2.45, 2.75) is 0 Å². The second kappa shape index (κ2) is 11.5. The van der Waals surface area contributed by atoms with Gasteiger partial charge in [0.25, 0.3) is 0 Å². The lowest BCUT2D eigenvalue weighted by Gasteiger charge is -2.15. The van der Waals surface area contributed by atoms with E-state index in [1.54, 1.807) is 0 Å². The van der Waals surface area contributed by atoms with Crippen LogP contribution in [0.15, 0.2) is 175 Å². The number of imidazole rings is 1. The summed E-state index contributed by atoms with van der Waals surface area (Å²) in [6, 6.07) is 58.2. The third kappa shape index (κ3) is 4.61. The van der Waals surface area contributed by atoms with E-state index in [2.05, 4.69) is 118 Å². The Morgan fingerprint density at radius 2 is 1.16 bits per heavy atom. The van der Waals surface area contributed by atoms with E-state index in [0.717, 1.165) is 82.8 Å². The van der Waals surface area contributed by atoms with Gasteiger partial charge >= 0.3 is 0 Å². The molecule has 0 saturated heterocycles. The zero-order valence-electron chi connectivity index (χ0n) is 27.5. The lowest BCUT2D eigenvalue weighted by molar-refractivity contribution is 1.08. The van der Waals surface area contributed by atoms with Crippen molar-refractivity contribution in [2.24, 2.45) is 4.99 Å². The van der Waals surface area contributed by atoms with Gasteiger partial charge in [-0.3, -0.25) is 19.9 Å². The van der Waals surface area contributed by atoms with E-state index in [9.17, 15) is 0 Å². The van der Waals surface area contributed by atoms with E-state index >= 15 is 0 Å². The van der Waals surface area contributed by atoms with Crippen molar-refractivity contribution in [3.8, 4) is 22.5 Å². The van der Waals surface area contributed by atoms with Crippen LogP contribution in [0.4, 0.5) is 0 Å². The first-order valence-corrected chi connectivity index (χ1v) is 17.0. The van der Waals surface area contributed by atoms with Gasteiger partial charge in [0, 0.05) is 32.8 Å². The number of nitrogens with one attached hydrogen (secondary N) is 2. The monoisotopic (exact) mass is 654 g/mol. The first-order chi connectivity index (χ1) is 25.2. The smallest absolute Gasteiger partial charge is 0.154 e. The highest BCUT2D eigenvalue weighted by molar-refractivity contribution is 6.31. The molecule has 3 aromatic heterocycles. The van der Waals surface area contributed by atoms with Crippen LogP contribution in [0.2, 0.25) is 0 Å². The quantitative estimate of drug-likeness (QED) is 0.143. The minimum Gasteiger partial charge on any atom is -0.291 e. The van der Waals surface area contributed by atoms with Gasteiger partial charge in [-0.25, -0.2) is 9.98 Å². The molecule has 3 heterocycles. The lowest BCUT2D eigenvalue weighted by Crippen LogP contribution is -2.25. The molecule has 0 bridgehead atoms. The molecular weight excluding hydrogens is 625 g/mol. The highest BCUT2D eigenvalue weighted by atomic mass is 15.4. The summed E-state index contributed by atoms with van der Waals surface area (Å²) in [5, 5.41) is 13.5. The molecule has 0 unspecified atom stereocenters. The van der Waals surface area contributed by atoms with Crippen molar-refractivity contribution < 1.29 is 0 Å². The van der Waals surface area contributed by atoms with Gasteiger partial charge in [0.1, 0.15) is 5.82 Å². The number of nitrogens with zero attached hydrogens (tertiary/aromatic N) is 4. The number of hydrogen-bond acceptors (Lipinski definition) is 2. The van der Waals surface area contributed by atoms with Crippen LogP contribution in [0.5, 0.6) is 0 Å². The molecule has 240 valence electrons. The van der Waals surface area contributed by atoms with E-state index in [4.69, 9.17) is 15.4 Å². The molecule has 2 N–H and O–H groups in total. The molecule has 0 fully saturated rings. The molecule has 0 amide bonds. The first kappa shape index (κ1) is 28.9. The van der Waals surface area contributed by atoms with Crippen LogP contribution < -0.4 is 5.43 Å². The number of fused-ring (bicyclic) bond motifs is 3. The van der Waals surface area contributed by atoms with Crippen molar-refractivity contribution in [2.75, 3.05) is 5.43 Å². The SMILES string of the molecule is N=C(/N=C(\Nn1c2cc(-c3ccccc3)cc3c4ccccc4n4c(-c5ccccc5)nc5ccc1c(c32)c54)c1ccccc1)c1ccccc1. The zero-order valence-corrected chi connectivity index (χ0v) is 27.5. The Morgan fingerprint density at radius 3 is 1.88 bits per heavy atom. The fraction of sp³-hybridized carbons (Fsp3) is 0. The lowest BCUT2D eigenvalue weighted by atomic mass is 9.98. The molecule has 0 spiro atoms. The number of aliphatic imine (C=N–C) groups is 1. The van der Waals surface area contributed by atoms with Gasteiger partial charge in [0.15, 0.2) is 11.7 Å². The van der Waals surface area contributed by atoms with E-state index in [0.29, 0.717) is 5.84 Å². The van der Waals surface area contributed by atoms with Crippen molar-refractivity contribution in [3.05, 3.63) is 181 Å². The number of benzene rings is 7. The molecule has 10 rings (SSSR count). The molecule has 7 aromatic carbocycles.